The first-order valence-corrected chi connectivity index (χ1v) is 13.5. The first-order chi connectivity index (χ1) is 19.1. The zero-order valence-electron chi connectivity index (χ0n) is 22.1. The summed E-state index contributed by atoms with van der Waals surface area (Å²) in [4.78, 5) is 33.6. The number of hydrogen-bond acceptors (Lipinski definition) is 4. The second kappa shape index (κ2) is 8.92. The number of anilines is 1. The van der Waals surface area contributed by atoms with Crippen molar-refractivity contribution in [3.05, 3.63) is 131 Å². The molecule has 4 aromatic rings. The molecule has 194 valence electrons. The summed E-state index contributed by atoms with van der Waals surface area (Å²) in [5.41, 5.74) is 4.84. The van der Waals surface area contributed by atoms with Crippen LogP contribution in [-0.4, -0.2) is 37.3 Å². The normalized spacial score (nSPS) is 25.3. The summed E-state index contributed by atoms with van der Waals surface area (Å²) in [5, 5.41) is 0. The molecule has 5 nitrogen and oxygen atoms in total. The summed E-state index contributed by atoms with van der Waals surface area (Å²) in [7, 11) is 3.50. The number of hydrogen-bond donors (Lipinski definition) is 0. The van der Waals surface area contributed by atoms with E-state index in [0.29, 0.717) is 12.1 Å². The van der Waals surface area contributed by atoms with Crippen LogP contribution in [-0.2, 0) is 16.8 Å². The molecule has 5 heteroatoms. The van der Waals surface area contributed by atoms with Crippen LogP contribution in [0.15, 0.2) is 103 Å². The summed E-state index contributed by atoms with van der Waals surface area (Å²) in [6.07, 6.45) is 0.829. The third-order valence-corrected chi connectivity index (χ3v) is 9.08. The third kappa shape index (κ3) is 3.23. The summed E-state index contributed by atoms with van der Waals surface area (Å²) in [6, 6.07) is 33.9. The topological polar surface area (TPSA) is 49.9 Å². The van der Waals surface area contributed by atoms with Crippen molar-refractivity contribution in [3.63, 3.8) is 0 Å². The molecule has 0 aliphatic carbocycles. The van der Waals surface area contributed by atoms with Crippen LogP contribution in [0.25, 0.3) is 0 Å². The fourth-order valence-corrected chi connectivity index (χ4v) is 7.48. The van der Waals surface area contributed by atoms with E-state index in [9.17, 15) is 9.59 Å². The Hall–Kier alpha value is -4.22. The summed E-state index contributed by atoms with van der Waals surface area (Å²) >= 11 is 0. The van der Waals surface area contributed by atoms with E-state index in [2.05, 4.69) is 47.4 Å². The van der Waals surface area contributed by atoms with Gasteiger partial charge in [-0.05, 0) is 41.3 Å². The van der Waals surface area contributed by atoms with Crippen LogP contribution in [0.4, 0.5) is 5.69 Å². The number of rotatable bonds is 4. The second-order valence-electron chi connectivity index (χ2n) is 10.7. The number of benzene rings is 4. The van der Waals surface area contributed by atoms with Crippen LogP contribution < -0.4 is 9.64 Å². The Balaban J connectivity index is 1.55. The molecule has 0 aromatic heterocycles. The molecule has 0 unspecified atom stereocenters. The van der Waals surface area contributed by atoms with Gasteiger partial charge < -0.3 is 9.64 Å². The molecule has 1 spiro atoms. The molecule has 4 aromatic carbocycles. The van der Waals surface area contributed by atoms with Gasteiger partial charge in [0.2, 0.25) is 0 Å². The number of Topliss-reactive ketones (excluding diaryl/α,β-unsaturated/α-hetero) is 1. The minimum atomic E-state index is -1.11. The fraction of sp³-hybridized carbons (Fsp3) is 0.235. The van der Waals surface area contributed by atoms with E-state index in [4.69, 9.17) is 4.74 Å². The highest BCUT2D eigenvalue weighted by Gasteiger charge is 2.70. The average Bonchev–Trinajstić information content (AvgIpc) is 3.43. The number of ether oxygens (including phenoxy) is 1. The molecule has 39 heavy (non-hydrogen) atoms. The Bertz CT molecular complexity index is 1580. The number of nitrogens with zero attached hydrogens (tertiary/aromatic N) is 2. The van der Waals surface area contributed by atoms with Gasteiger partial charge in [-0.25, -0.2) is 0 Å². The number of fused-ring (bicyclic) bond motifs is 6. The fourth-order valence-electron chi connectivity index (χ4n) is 7.48. The average molecular weight is 515 g/mol. The first kappa shape index (κ1) is 23.9. The van der Waals surface area contributed by atoms with Crippen LogP contribution >= 0.6 is 0 Å². The van der Waals surface area contributed by atoms with Crippen molar-refractivity contribution < 1.29 is 14.3 Å². The lowest BCUT2D eigenvalue weighted by atomic mass is 9.69. The standard InChI is InChI=1S/C34H30N2O3/c1-35-28-15-9-8-14-27(28)34(33(35)38)30(32(37)24-11-4-3-5-12-24)29(23-16-18-25(39-2)19-17-23)31-26-13-7-6-10-22(26)20-21-36(31)34/h3-19,29-31H,20-21H2,1-2H3/t29-,30+,31+,34-/m0/s1. The van der Waals surface area contributed by atoms with Crippen molar-refractivity contribution >= 4 is 17.4 Å². The predicted octanol–water partition coefficient (Wildman–Crippen LogP) is 5.76. The highest BCUT2D eigenvalue weighted by Crippen LogP contribution is 2.65. The Morgan fingerprint density at radius 3 is 2.33 bits per heavy atom. The largest absolute Gasteiger partial charge is 0.497 e. The SMILES string of the molecule is COc1ccc([C@@H]2[C@H]3c4ccccc4CCN3[C@]3(C(=O)N(C)c4ccccc43)[C@H]2C(=O)c2ccccc2)cc1. The maximum Gasteiger partial charge on any atom is 0.252 e. The Kier molecular flexibility index (Phi) is 5.46. The second-order valence-corrected chi connectivity index (χ2v) is 10.7. The Morgan fingerprint density at radius 1 is 0.872 bits per heavy atom. The molecule has 3 aliphatic rings. The van der Waals surface area contributed by atoms with Crippen LogP contribution in [0, 0.1) is 5.92 Å². The van der Waals surface area contributed by atoms with Crippen LogP contribution in [0.2, 0.25) is 0 Å². The Labute approximate surface area is 228 Å². The van der Waals surface area contributed by atoms with Gasteiger partial charge in [0.05, 0.1) is 13.0 Å². The summed E-state index contributed by atoms with van der Waals surface area (Å²) in [5.74, 6) is -0.128. The number of likely N-dealkylation sites (N-methyl/N-ethyl adjacent to an activating group) is 1. The van der Waals surface area contributed by atoms with Crippen molar-refractivity contribution in [2.45, 2.75) is 23.9 Å². The molecule has 3 heterocycles. The van der Waals surface area contributed by atoms with Crippen molar-refractivity contribution in [1.29, 1.82) is 0 Å². The zero-order valence-corrected chi connectivity index (χ0v) is 22.1. The molecule has 0 radical (unpaired) electrons. The summed E-state index contributed by atoms with van der Waals surface area (Å²) < 4.78 is 5.47. The molecule has 0 bridgehead atoms. The number of amides is 1. The zero-order chi connectivity index (χ0) is 26.7. The minimum Gasteiger partial charge on any atom is -0.497 e. The van der Waals surface area contributed by atoms with Crippen LogP contribution in [0.1, 0.15) is 44.6 Å². The number of methoxy groups -OCH3 is 1. The maximum absolute atomic E-state index is 14.8. The van der Waals surface area contributed by atoms with Crippen LogP contribution in [0.5, 0.6) is 5.75 Å². The molecule has 1 fully saturated rings. The highest BCUT2D eigenvalue weighted by atomic mass is 16.5. The van der Waals surface area contributed by atoms with Gasteiger partial charge in [0.15, 0.2) is 5.78 Å². The number of carbonyl (C=O) groups excluding carboxylic acids is 2. The van der Waals surface area contributed by atoms with E-state index >= 15 is 0 Å². The third-order valence-electron chi connectivity index (χ3n) is 9.08. The van der Waals surface area contributed by atoms with Crippen molar-refractivity contribution in [2.75, 3.05) is 25.6 Å². The summed E-state index contributed by atoms with van der Waals surface area (Å²) in [6.45, 7) is 0.695. The molecular weight excluding hydrogens is 484 g/mol. The molecule has 1 amide bonds. The monoisotopic (exact) mass is 514 g/mol. The van der Waals surface area contributed by atoms with Crippen molar-refractivity contribution in [2.24, 2.45) is 5.92 Å². The van der Waals surface area contributed by atoms with Gasteiger partial charge >= 0.3 is 0 Å². The lowest BCUT2D eigenvalue weighted by Gasteiger charge is -2.42. The number of ketones is 1. The van der Waals surface area contributed by atoms with Gasteiger partial charge in [0.1, 0.15) is 11.3 Å². The molecular formula is C34H30N2O3. The molecule has 4 atom stereocenters. The van der Waals surface area contributed by atoms with E-state index in [0.717, 1.165) is 29.0 Å². The van der Waals surface area contributed by atoms with Gasteiger partial charge in [0.25, 0.3) is 5.91 Å². The maximum atomic E-state index is 14.8. The van der Waals surface area contributed by atoms with E-state index in [1.54, 1.807) is 12.0 Å². The molecule has 1 saturated heterocycles. The minimum absolute atomic E-state index is 0.00162. The van der Waals surface area contributed by atoms with Crippen LogP contribution in [0.3, 0.4) is 0 Å². The number of carbonyl (C=O) groups is 2. The van der Waals surface area contributed by atoms with Crippen molar-refractivity contribution in [3.8, 4) is 5.75 Å². The Morgan fingerprint density at radius 2 is 1.56 bits per heavy atom. The lowest BCUT2D eigenvalue weighted by molar-refractivity contribution is -0.130. The van der Waals surface area contributed by atoms with Gasteiger partial charge in [-0.3, -0.25) is 14.5 Å². The molecule has 3 aliphatic heterocycles. The van der Waals surface area contributed by atoms with Gasteiger partial charge in [-0.15, -0.1) is 0 Å². The van der Waals surface area contributed by atoms with E-state index in [1.165, 1.54) is 11.1 Å². The molecule has 0 N–H and O–H groups in total. The van der Waals surface area contributed by atoms with E-state index < -0.39 is 11.5 Å². The first-order valence-electron chi connectivity index (χ1n) is 13.5. The van der Waals surface area contributed by atoms with Crippen molar-refractivity contribution in [1.82, 2.24) is 4.90 Å². The highest BCUT2D eigenvalue weighted by molar-refractivity contribution is 6.13. The van der Waals surface area contributed by atoms with Gasteiger partial charge in [0, 0.05) is 42.4 Å². The quantitative estimate of drug-likeness (QED) is 0.325. The van der Waals surface area contributed by atoms with E-state index in [-0.39, 0.29) is 23.7 Å². The smallest absolute Gasteiger partial charge is 0.252 e. The van der Waals surface area contributed by atoms with E-state index in [1.807, 2.05) is 67.7 Å². The predicted molar refractivity (Wildman–Crippen MR) is 151 cm³/mol. The molecule has 7 rings (SSSR count). The number of para-hydroxylation sites is 1. The van der Waals surface area contributed by atoms with Gasteiger partial charge in [-0.1, -0.05) is 84.9 Å². The lowest BCUT2D eigenvalue weighted by Crippen LogP contribution is -2.55. The van der Waals surface area contributed by atoms with Gasteiger partial charge in [-0.2, -0.15) is 0 Å². The molecule has 0 saturated carbocycles.